The fourth-order valence-corrected chi connectivity index (χ4v) is 3.22. The van der Waals surface area contributed by atoms with Crippen molar-refractivity contribution in [3.63, 3.8) is 0 Å². The highest BCUT2D eigenvalue weighted by Gasteiger charge is 2.16. The van der Waals surface area contributed by atoms with Gasteiger partial charge in [-0.15, -0.1) is 0 Å². The van der Waals surface area contributed by atoms with Gasteiger partial charge >= 0.3 is 0 Å². The first-order valence-electron chi connectivity index (χ1n) is 6.99. The molecule has 0 saturated heterocycles. The Morgan fingerprint density at radius 1 is 1.35 bits per heavy atom. The lowest BCUT2D eigenvalue weighted by Crippen LogP contribution is -2.31. The van der Waals surface area contributed by atoms with Gasteiger partial charge in [0.05, 0.1) is 4.90 Å². The van der Waals surface area contributed by atoms with Crippen LogP contribution in [-0.2, 0) is 10.0 Å². The van der Waals surface area contributed by atoms with Crippen LogP contribution in [0.25, 0.3) is 0 Å². The largest absolute Gasteiger partial charge is 0.304 e. The summed E-state index contributed by atoms with van der Waals surface area (Å²) in [7, 11) is -1.95. The van der Waals surface area contributed by atoms with Crippen LogP contribution in [0.4, 0.5) is 0 Å². The van der Waals surface area contributed by atoms with Crippen molar-refractivity contribution in [3.05, 3.63) is 42.0 Å². The maximum atomic E-state index is 11.8. The van der Waals surface area contributed by atoms with Crippen molar-refractivity contribution in [1.82, 2.24) is 10.0 Å². The zero-order valence-corrected chi connectivity index (χ0v) is 12.8. The molecule has 0 aromatic heterocycles. The summed E-state index contributed by atoms with van der Waals surface area (Å²) >= 11 is 0. The second kappa shape index (κ2) is 6.52. The Morgan fingerprint density at radius 3 is 2.80 bits per heavy atom. The van der Waals surface area contributed by atoms with Crippen LogP contribution in [0.1, 0.15) is 37.8 Å². The molecule has 0 bridgehead atoms. The van der Waals surface area contributed by atoms with E-state index in [1.807, 2.05) is 6.07 Å². The van der Waals surface area contributed by atoms with Crippen LogP contribution in [0.3, 0.4) is 0 Å². The Bertz CT molecular complexity index is 581. The molecule has 110 valence electrons. The molecule has 0 heterocycles. The quantitative estimate of drug-likeness (QED) is 0.820. The number of benzene rings is 1. The van der Waals surface area contributed by atoms with Crippen LogP contribution < -0.4 is 10.0 Å². The summed E-state index contributed by atoms with van der Waals surface area (Å²) in [5.74, 6) is 0. The Labute approximate surface area is 121 Å². The third kappa shape index (κ3) is 3.69. The predicted molar refractivity (Wildman–Crippen MR) is 81.0 cm³/mol. The van der Waals surface area contributed by atoms with E-state index in [0.29, 0.717) is 10.9 Å². The maximum absolute atomic E-state index is 11.8. The molecule has 2 rings (SSSR count). The Balaban J connectivity index is 2.14. The van der Waals surface area contributed by atoms with Gasteiger partial charge < -0.3 is 5.32 Å². The Morgan fingerprint density at radius 2 is 2.15 bits per heavy atom. The van der Waals surface area contributed by atoms with Gasteiger partial charge in [0.25, 0.3) is 0 Å². The summed E-state index contributed by atoms with van der Waals surface area (Å²) in [4.78, 5) is 0.310. The molecule has 4 nitrogen and oxygen atoms in total. The zero-order valence-electron chi connectivity index (χ0n) is 12.0. The molecule has 0 saturated carbocycles. The normalized spacial score (nSPS) is 20.8. The smallest absolute Gasteiger partial charge is 0.240 e. The second-order valence-electron chi connectivity index (χ2n) is 5.13. The molecule has 5 heteroatoms. The fraction of sp³-hybridized carbons (Fsp3) is 0.467. The number of nitrogens with one attached hydrogen (secondary N) is 2. The Kier molecular flexibility index (Phi) is 4.96. The fourth-order valence-electron chi connectivity index (χ4n) is 2.44. The molecule has 1 aliphatic carbocycles. The highest BCUT2D eigenvalue weighted by atomic mass is 32.2. The van der Waals surface area contributed by atoms with Gasteiger partial charge in [-0.2, -0.15) is 0 Å². The number of hydrogen-bond donors (Lipinski definition) is 2. The highest BCUT2D eigenvalue weighted by molar-refractivity contribution is 7.89. The summed E-state index contributed by atoms with van der Waals surface area (Å²) in [5.41, 5.74) is 0.986. The second-order valence-corrected chi connectivity index (χ2v) is 7.02. The van der Waals surface area contributed by atoms with E-state index in [9.17, 15) is 8.42 Å². The van der Waals surface area contributed by atoms with Crippen LogP contribution in [0, 0.1) is 0 Å². The molecule has 1 aliphatic rings. The van der Waals surface area contributed by atoms with Crippen molar-refractivity contribution in [1.29, 1.82) is 0 Å². The molecule has 0 amide bonds. The average molecular weight is 294 g/mol. The molecule has 0 unspecified atom stereocenters. The van der Waals surface area contributed by atoms with Crippen molar-refractivity contribution in [3.8, 4) is 0 Å². The van der Waals surface area contributed by atoms with Gasteiger partial charge in [0.2, 0.25) is 10.0 Å². The van der Waals surface area contributed by atoms with Gasteiger partial charge in [-0.25, -0.2) is 13.1 Å². The number of allylic oxidation sites excluding steroid dienone is 1. The van der Waals surface area contributed by atoms with Crippen LogP contribution >= 0.6 is 0 Å². The molecule has 2 N–H and O–H groups in total. The summed E-state index contributed by atoms with van der Waals surface area (Å²) in [5, 5.41) is 3.53. The minimum Gasteiger partial charge on any atom is -0.304 e. The van der Waals surface area contributed by atoms with Crippen LogP contribution in [0.5, 0.6) is 0 Å². The van der Waals surface area contributed by atoms with Crippen molar-refractivity contribution >= 4 is 10.0 Å². The van der Waals surface area contributed by atoms with Crippen molar-refractivity contribution in [2.24, 2.45) is 0 Å². The minimum atomic E-state index is -3.38. The summed E-state index contributed by atoms with van der Waals surface area (Å²) in [6.07, 6.45) is 7.90. The number of hydrogen-bond acceptors (Lipinski definition) is 3. The van der Waals surface area contributed by atoms with Crippen LogP contribution in [-0.4, -0.2) is 21.5 Å². The topological polar surface area (TPSA) is 58.2 Å². The van der Waals surface area contributed by atoms with Crippen LogP contribution in [0.2, 0.25) is 0 Å². The molecule has 1 aromatic carbocycles. The summed E-state index contributed by atoms with van der Waals surface area (Å²) in [6.45, 7) is 2.06. The SMILES string of the molecule is CNS(=O)(=O)c1cccc([C@@H](C)N[C@H]2C=CCCC2)c1. The van der Waals surface area contributed by atoms with Crippen molar-refractivity contribution in [2.45, 2.75) is 43.2 Å². The molecule has 0 fully saturated rings. The summed E-state index contributed by atoms with van der Waals surface area (Å²) < 4.78 is 26.0. The molecule has 2 atom stereocenters. The lowest BCUT2D eigenvalue weighted by molar-refractivity contribution is 0.467. The number of sulfonamides is 1. The standard InChI is InChI=1S/C15H22N2O2S/c1-12(17-14-8-4-3-5-9-14)13-7-6-10-15(11-13)20(18,19)16-2/h4,6-8,10-12,14,16-17H,3,5,9H2,1-2H3/t12-,14+/m1/s1. The predicted octanol–water partition coefficient (Wildman–Crippen LogP) is 2.35. The van der Waals surface area contributed by atoms with Crippen molar-refractivity contribution in [2.75, 3.05) is 7.05 Å². The molecule has 0 radical (unpaired) electrons. The first kappa shape index (κ1) is 15.2. The molecule has 1 aromatic rings. The van der Waals surface area contributed by atoms with Crippen LogP contribution in [0.15, 0.2) is 41.3 Å². The van der Waals surface area contributed by atoms with E-state index in [0.717, 1.165) is 18.4 Å². The third-order valence-electron chi connectivity index (χ3n) is 3.66. The van der Waals surface area contributed by atoms with Gasteiger partial charge in [0.1, 0.15) is 0 Å². The molecule has 0 aliphatic heterocycles. The molecule has 0 spiro atoms. The van der Waals surface area contributed by atoms with E-state index in [1.54, 1.807) is 18.2 Å². The number of rotatable bonds is 5. The zero-order chi connectivity index (χ0) is 14.6. The Hall–Kier alpha value is -1.17. The lowest BCUT2D eigenvalue weighted by atomic mass is 10.0. The molecular formula is C15H22N2O2S. The molecule has 20 heavy (non-hydrogen) atoms. The first-order valence-corrected chi connectivity index (χ1v) is 8.47. The highest BCUT2D eigenvalue weighted by Crippen LogP contribution is 2.20. The van der Waals surface area contributed by atoms with E-state index in [4.69, 9.17) is 0 Å². The van der Waals surface area contributed by atoms with Gasteiger partial charge in [0.15, 0.2) is 0 Å². The average Bonchev–Trinajstić information content (AvgIpc) is 2.48. The van der Waals surface area contributed by atoms with Gasteiger partial charge in [-0.05, 0) is 50.9 Å². The minimum absolute atomic E-state index is 0.120. The van der Waals surface area contributed by atoms with E-state index in [1.165, 1.54) is 13.5 Å². The van der Waals surface area contributed by atoms with E-state index < -0.39 is 10.0 Å². The van der Waals surface area contributed by atoms with Crippen molar-refractivity contribution < 1.29 is 8.42 Å². The third-order valence-corrected chi connectivity index (χ3v) is 5.07. The molecular weight excluding hydrogens is 272 g/mol. The van der Waals surface area contributed by atoms with E-state index in [-0.39, 0.29) is 6.04 Å². The maximum Gasteiger partial charge on any atom is 0.240 e. The van der Waals surface area contributed by atoms with Gasteiger partial charge in [-0.3, -0.25) is 0 Å². The van der Waals surface area contributed by atoms with E-state index >= 15 is 0 Å². The summed E-state index contributed by atoms with van der Waals surface area (Å²) in [6, 6.07) is 7.59. The monoisotopic (exact) mass is 294 g/mol. The van der Waals surface area contributed by atoms with Gasteiger partial charge in [-0.1, -0.05) is 24.3 Å². The van der Waals surface area contributed by atoms with E-state index in [2.05, 4.69) is 29.1 Å². The lowest BCUT2D eigenvalue weighted by Gasteiger charge is -2.23. The first-order chi connectivity index (χ1) is 9.53. The van der Waals surface area contributed by atoms with Gasteiger partial charge in [0, 0.05) is 12.1 Å².